The molecule has 0 unspecified atom stereocenters. The lowest BCUT2D eigenvalue weighted by Gasteiger charge is -1.95. The van der Waals surface area contributed by atoms with Crippen molar-refractivity contribution in [1.29, 1.82) is 0 Å². The summed E-state index contributed by atoms with van der Waals surface area (Å²) in [4.78, 5) is 7.48. The Kier molecular flexibility index (Phi) is 3.36. The fourth-order valence-electron chi connectivity index (χ4n) is 2.24. The third kappa shape index (κ3) is 2.48. The first-order valence-electron chi connectivity index (χ1n) is 6.83. The van der Waals surface area contributed by atoms with E-state index in [-0.39, 0.29) is 0 Å². The van der Waals surface area contributed by atoms with Crippen molar-refractivity contribution in [2.75, 3.05) is 0 Å². The van der Waals surface area contributed by atoms with Gasteiger partial charge in [0.15, 0.2) is 0 Å². The van der Waals surface area contributed by atoms with Crippen molar-refractivity contribution in [2.45, 2.75) is 11.0 Å². The predicted octanol–water partition coefficient (Wildman–Crippen LogP) is 3.91. The van der Waals surface area contributed by atoms with Crippen LogP contribution in [0.1, 0.15) is 5.69 Å². The molecule has 0 fully saturated rings. The highest BCUT2D eigenvalue weighted by atomic mass is 32.2. The zero-order chi connectivity index (χ0) is 14.8. The summed E-state index contributed by atoms with van der Waals surface area (Å²) >= 11 is 1.48. The van der Waals surface area contributed by atoms with Crippen molar-refractivity contribution in [1.82, 2.24) is 20.2 Å². The molecule has 3 heterocycles. The van der Waals surface area contributed by atoms with E-state index in [4.69, 9.17) is 4.42 Å². The zero-order valence-corrected chi connectivity index (χ0v) is 12.4. The predicted molar refractivity (Wildman–Crippen MR) is 85.4 cm³/mol. The number of benzene rings is 1. The third-order valence-electron chi connectivity index (χ3n) is 3.30. The van der Waals surface area contributed by atoms with E-state index in [2.05, 4.69) is 20.2 Å². The molecule has 6 heteroatoms. The van der Waals surface area contributed by atoms with Gasteiger partial charge in [-0.1, -0.05) is 36.0 Å². The van der Waals surface area contributed by atoms with Crippen molar-refractivity contribution in [3.63, 3.8) is 0 Å². The van der Waals surface area contributed by atoms with Gasteiger partial charge in [-0.2, -0.15) is 0 Å². The van der Waals surface area contributed by atoms with Gasteiger partial charge in [-0.15, -0.1) is 10.2 Å². The molecule has 0 aliphatic heterocycles. The van der Waals surface area contributed by atoms with Crippen LogP contribution < -0.4 is 0 Å². The summed E-state index contributed by atoms with van der Waals surface area (Å²) in [5.74, 6) is 1.23. The molecule has 1 N–H and O–H groups in total. The molecule has 5 nitrogen and oxygen atoms in total. The number of fused-ring (bicyclic) bond motifs is 1. The summed E-state index contributed by atoms with van der Waals surface area (Å²) in [5.41, 5.74) is 2.96. The van der Waals surface area contributed by atoms with Crippen LogP contribution in [0, 0.1) is 0 Å². The number of aromatic nitrogens is 4. The maximum atomic E-state index is 5.75. The lowest BCUT2D eigenvalue weighted by atomic mass is 10.2. The van der Waals surface area contributed by atoms with Gasteiger partial charge in [0, 0.05) is 29.0 Å². The molecule has 108 valence electrons. The normalized spacial score (nSPS) is 11.1. The first-order chi connectivity index (χ1) is 10.9. The monoisotopic (exact) mass is 308 g/mol. The van der Waals surface area contributed by atoms with Gasteiger partial charge in [0.1, 0.15) is 0 Å². The van der Waals surface area contributed by atoms with E-state index in [1.807, 2.05) is 48.7 Å². The highest BCUT2D eigenvalue weighted by Gasteiger charge is 2.13. The van der Waals surface area contributed by atoms with Crippen LogP contribution in [0.15, 0.2) is 64.5 Å². The smallest absolute Gasteiger partial charge is 0.277 e. The van der Waals surface area contributed by atoms with E-state index < -0.39 is 0 Å². The number of hydrogen-bond acceptors (Lipinski definition) is 5. The van der Waals surface area contributed by atoms with Crippen LogP contribution in [-0.4, -0.2) is 20.2 Å². The van der Waals surface area contributed by atoms with Gasteiger partial charge < -0.3 is 9.40 Å². The van der Waals surface area contributed by atoms with Crippen LogP contribution >= 0.6 is 11.8 Å². The molecule has 4 aromatic rings. The Morgan fingerprint density at radius 2 is 1.95 bits per heavy atom. The molecule has 0 aliphatic carbocycles. The number of para-hydroxylation sites is 1. The molecule has 3 aromatic heterocycles. The van der Waals surface area contributed by atoms with Gasteiger partial charge >= 0.3 is 0 Å². The van der Waals surface area contributed by atoms with Crippen molar-refractivity contribution in [3.8, 4) is 11.5 Å². The highest BCUT2D eigenvalue weighted by molar-refractivity contribution is 7.98. The minimum Gasteiger partial charge on any atom is -0.411 e. The number of rotatable bonds is 4. The topological polar surface area (TPSA) is 67.6 Å². The molecule has 4 rings (SSSR count). The van der Waals surface area contributed by atoms with Crippen LogP contribution in [0.25, 0.3) is 22.4 Å². The first kappa shape index (κ1) is 13.1. The van der Waals surface area contributed by atoms with Gasteiger partial charge in [-0.3, -0.25) is 4.98 Å². The van der Waals surface area contributed by atoms with Gasteiger partial charge in [-0.25, -0.2) is 0 Å². The van der Waals surface area contributed by atoms with E-state index in [1.165, 1.54) is 11.8 Å². The molecule has 1 aromatic carbocycles. The summed E-state index contributed by atoms with van der Waals surface area (Å²) in [7, 11) is 0. The zero-order valence-electron chi connectivity index (χ0n) is 11.6. The maximum absolute atomic E-state index is 5.75. The molecule has 0 aliphatic rings. The van der Waals surface area contributed by atoms with E-state index in [9.17, 15) is 0 Å². The van der Waals surface area contributed by atoms with Crippen LogP contribution in [0.4, 0.5) is 0 Å². The van der Waals surface area contributed by atoms with Crippen LogP contribution in [0.3, 0.4) is 0 Å². The Morgan fingerprint density at radius 3 is 2.86 bits per heavy atom. The van der Waals surface area contributed by atoms with Crippen LogP contribution in [0.2, 0.25) is 0 Å². The summed E-state index contributed by atoms with van der Waals surface area (Å²) < 4.78 is 5.75. The van der Waals surface area contributed by atoms with Crippen LogP contribution in [0.5, 0.6) is 0 Å². The quantitative estimate of drug-likeness (QED) is 0.579. The average molecular weight is 308 g/mol. The number of thioether (sulfide) groups is 1. The fraction of sp³-hybridized carbons (Fsp3) is 0.0625. The lowest BCUT2D eigenvalue weighted by molar-refractivity contribution is 0.466. The van der Waals surface area contributed by atoms with Gasteiger partial charge in [0.25, 0.3) is 11.1 Å². The van der Waals surface area contributed by atoms with Crippen molar-refractivity contribution >= 4 is 22.7 Å². The second kappa shape index (κ2) is 5.65. The molecule has 22 heavy (non-hydrogen) atoms. The van der Waals surface area contributed by atoms with E-state index in [1.54, 1.807) is 6.20 Å². The molecular weight excluding hydrogens is 296 g/mol. The molecule has 0 radical (unpaired) electrons. The van der Waals surface area contributed by atoms with E-state index >= 15 is 0 Å². The average Bonchev–Trinajstić information content (AvgIpc) is 3.20. The van der Waals surface area contributed by atoms with Gasteiger partial charge in [-0.05, 0) is 18.2 Å². The standard InChI is InChI=1S/C16H12N4OS/c1-2-7-14-12(6-1)13(9-18-14)15-19-20-16(21-15)22-10-11-5-3-4-8-17-11/h1-9,18H,10H2. The number of nitrogens with one attached hydrogen (secondary N) is 1. The Labute approximate surface area is 130 Å². The summed E-state index contributed by atoms with van der Waals surface area (Å²) in [5, 5.41) is 9.87. The molecule has 0 saturated heterocycles. The Hall–Kier alpha value is -2.60. The number of pyridine rings is 1. The van der Waals surface area contributed by atoms with Gasteiger partial charge in [0.2, 0.25) is 0 Å². The molecular formula is C16H12N4OS. The van der Waals surface area contributed by atoms with Crippen molar-refractivity contribution in [3.05, 3.63) is 60.6 Å². The molecule has 0 amide bonds. The number of H-pyrrole nitrogens is 1. The molecule has 0 spiro atoms. The number of hydrogen-bond donors (Lipinski definition) is 1. The first-order valence-corrected chi connectivity index (χ1v) is 7.81. The van der Waals surface area contributed by atoms with Crippen LogP contribution in [-0.2, 0) is 5.75 Å². The van der Waals surface area contributed by atoms with Crippen molar-refractivity contribution in [2.24, 2.45) is 0 Å². The number of aromatic amines is 1. The molecule has 0 bridgehead atoms. The maximum Gasteiger partial charge on any atom is 0.277 e. The minimum atomic E-state index is 0.529. The minimum absolute atomic E-state index is 0.529. The second-order valence-electron chi connectivity index (χ2n) is 4.73. The lowest BCUT2D eigenvalue weighted by Crippen LogP contribution is -1.84. The summed E-state index contributed by atoms with van der Waals surface area (Å²) in [6, 6.07) is 13.9. The Bertz CT molecular complexity index is 901. The molecule has 0 atom stereocenters. The highest BCUT2D eigenvalue weighted by Crippen LogP contribution is 2.30. The second-order valence-corrected chi connectivity index (χ2v) is 5.66. The number of nitrogens with zero attached hydrogens (tertiary/aromatic N) is 3. The summed E-state index contributed by atoms with van der Waals surface area (Å²) in [6.07, 6.45) is 3.67. The Morgan fingerprint density at radius 1 is 1.05 bits per heavy atom. The summed E-state index contributed by atoms with van der Waals surface area (Å²) in [6.45, 7) is 0. The van der Waals surface area contributed by atoms with Gasteiger partial charge in [0.05, 0.1) is 11.3 Å². The van der Waals surface area contributed by atoms with Crippen molar-refractivity contribution < 1.29 is 4.42 Å². The van der Waals surface area contributed by atoms with E-state index in [0.29, 0.717) is 16.9 Å². The fourth-order valence-corrected chi connectivity index (χ4v) is 2.92. The SMILES string of the molecule is c1ccc(CSc2nnc(-c3c[nH]c4ccccc34)o2)nc1. The largest absolute Gasteiger partial charge is 0.411 e. The molecule has 0 saturated carbocycles. The van der Waals surface area contributed by atoms with E-state index in [0.717, 1.165) is 22.2 Å². The Balaban J connectivity index is 1.56. The third-order valence-corrected chi connectivity index (χ3v) is 4.15.